The number of pyridine rings is 1. The van der Waals surface area contributed by atoms with Crippen molar-refractivity contribution in [1.82, 2.24) is 14.8 Å². The Balaban J connectivity index is 2.18. The third kappa shape index (κ3) is 1.67. The molecule has 0 saturated heterocycles. The number of hydrogen-bond donors (Lipinski definition) is 1. The summed E-state index contributed by atoms with van der Waals surface area (Å²) in [5, 5.41) is 5.26. The Morgan fingerprint density at radius 3 is 2.72 bits per heavy atom. The maximum Gasteiger partial charge on any atom is 0.0730 e. The van der Waals surface area contributed by atoms with E-state index in [1.54, 1.807) is 17.1 Å². The van der Waals surface area contributed by atoms with Gasteiger partial charge in [-0.25, -0.2) is 0 Å². The van der Waals surface area contributed by atoms with E-state index in [2.05, 4.69) is 10.1 Å². The molecule has 0 aliphatic heterocycles. The lowest BCUT2D eigenvalue weighted by atomic mass is 10.0. The quantitative estimate of drug-likeness (QED) is 0.743. The SMILES string of the molecule is Cn1nccc1C(N)c1ccnc2ccccc12. The number of rotatable bonds is 2. The predicted molar refractivity (Wildman–Crippen MR) is 71.0 cm³/mol. The van der Waals surface area contributed by atoms with E-state index in [9.17, 15) is 0 Å². The van der Waals surface area contributed by atoms with Gasteiger partial charge in [-0.05, 0) is 23.8 Å². The Hall–Kier alpha value is -2.20. The van der Waals surface area contributed by atoms with Gasteiger partial charge >= 0.3 is 0 Å². The molecule has 0 aliphatic carbocycles. The van der Waals surface area contributed by atoms with Crippen LogP contribution in [-0.4, -0.2) is 14.8 Å². The van der Waals surface area contributed by atoms with Crippen LogP contribution in [0.5, 0.6) is 0 Å². The summed E-state index contributed by atoms with van der Waals surface area (Å²) in [6, 6.07) is 11.8. The molecule has 0 amide bonds. The lowest BCUT2D eigenvalue weighted by molar-refractivity contribution is 0.675. The molecule has 0 aliphatic rings. The van der Waals surface area contributed by atoms with Gasteiger partial charge in [0.15, 0.2) is 0 Å². The van der Waals surface area contributed by atoms with E-state index in [0.717, 1.165) is 22.2 Å². The van der Waals surface area contributed by atoms with E-state index < -0.39 is 0 Å². The zero-order chi connectivity index (χ0) is 12.5. The summed E-state index contributed by atoms with van der Waals surface area (Å²) in [4.78, 5) is 4.35. The first kappa shape index (κ1) is 10.9. The fraction of sp³-hybridized carbons (Fsp3) is 0.143. The van der Waals surface area contributed by atoms with E-state index >= 15 is 0 Å². The average molecular weight is 238 g/mol. The topological polar surface area (TPSA) is 56.7 Å². The number of para-hydroxylation sites is 1. The molecule has 3 rings (SSSR count). The summed E-state index contributed by atoms with van der Waals surface area (Å²) < 4.78 is 1.81. The van der Waals surface area contributed by atoms with Gasteiger partial charge in [-0.2, -0.15) is 5.10 Å². The average Bonchev–Trinajstić information content (AvgIpc) is 2.83. The highest BCUT2D eigenvalue weighted by Crippen LogP contribution is 2.25. The van der Waals surface area contributed by atoms with Crippen molar-refractivity contribution in [1.29, 1.82) is 0 Å². The summed E-state index contributed by atoms with van der Waals surface area (Å²) in [5.41, 5.74) is 9.37. The minimum Gasteiger partial charge on any atom is -0.319 e. The summed E-state index contributed by atoms with van der Waals surface area (Å²) in [6.45, 7) is 0. The van der Waals surface area contributed by atoms with Crippen molar-refractivity contribution in [3.8, 4) is 0 Å². The Kier molecular flexibility index (Phi) is 2.57. The van der Waals surface area contributed by atoms with Crippen LogP contribution in [0, 0.1) is 0 Å². The highest BCUT2D eigenvalue weighted by molar-refractivity contribution is 5.82. The zero-order valence-corrected chi connectivity index (χ0v) is 10.1. The van der Waals surface area contributed by atoms with Gasteiger partial charge in [-0.3, -0.25) is 9.67 Å². The van der Waals surface area contributed by atoms with Gasteiger partial charge in [-0.15, -0.1) is 0 Å². The number of nitrogens with zero attached hydrogens (tertiary/aromatic N) is 3. The molecule has 4 heteroatoms. The predicted octanol–water partition coefficient (Wildman–Crippen LogP) is 2.02. The summed E-state index contributed by atoms with van der Waals surface area (Å²) >= 11 is 0. The monoisotopic (exact) mass is 238 g/mol. The Bertz CT molecular complexity index is 682. The molecular formula is C14H14N4. The van der Waals surface area contributed by atoms with Gasteiger partial charge in [0.05, 0.1) is 17.3 Å². The first-order valence-electron chi connectivity index (χ1n) is 5.84. The molecule has 0 bridgehead atoms. The Labute approximate surface area is 105 Å². The number of aromatic nitrogens is 3. The van der Waals surface area contributed by atoms with Crippen LogP contribution in [0.2, 0.25) is 0 Å². The summed E-state index contributed by atoms with van der Waals surface area (Å²) in [7, 11) is 1.90. The maximum absolute atomic E-state index is 6.34. The molecule has 18 heavy (non-hydrogen) atoms. The van der Waals surface area contributed by atoms with Crippen molar-refractivity contribution in [2.45, 2.75) is 6.04 Å². The van der Waals surface area contributed by atoms with E-state index in [-0.39, 0.29) is 6.04 Å². The number of nitrogens with two attached hydrogens (primary N) is 1. The van der Waals surface area contributed by atoms with Crippen molar-refractivity contribution >= 4 is 10.9 Å². The van der Waals surface area contributed by atoms with E-state index in [4.69, 9.17) is 5.73 Å². The van der Waals surface area contributed by atoms with Crippen LogP contribution in [0.15, 0.2) is 48.8 Å². The van der Waals surface area contributed by atoms with Crippen molar-refractivity contribution < 1.29 is 0 Å². The molecule has 1 atom stereocenters. The normalized spacial score (nSPS) is 12.8. The fourth-order valence-corrected chi connectivity index (χ4v) is 2.24. The van der Waals surface area contributed by atoms with Gasteiger partial charge in [0.2, 0.25) is 0 Å². The summed E-state index contributed by atoms with van der Waals surface area (Å²) in [6.07, 6.45) is 3.56. The molecule has 0 spiro atoms. The van der Waals surface area contributed by atoms with Crippen LogP contribution in [0.4, 0.5) is 0 Å². The number of hydrogen-bond acceptors (Lipinski definition) is 3. The molecule has 90 valence electrons. The van der Waals surface area contributed by atoms with Gasteiger partial charge in [0.25, 0.3) is 0 Å². The van der Waals surface area contributed by atoms with Gasteiger partial charge < -0.3 is 5.73 Å². The lowest BCUT2D eigenvalue weighted by Gasteiger charge is -2.14. The second-order valence-corrected chi connectivity index (χ2v) is 4.27. The third-order valence-electron chi connectivity index (χ3n) is 3.20. The zero-order valence-electron chi connectivity index (χ0n) is 10.1. The van der Waals surface area contributed by atoms with E-state index in [0.29, 0.717) is 0 Å². The minimum absolute atomic E-state index is 0.189. The van der Waals surface area contributed by atoms with Gasteiger partial charge in [0.1, 0.15) is 0 Å². The molecule has 0 radical (unpaired) electrons. The highest BCUT2D eigenvalue weighted by atomic mass is 15.3. The fourth-order valence-electron chi connectivity index (χ4n) is 2.24. The summed E-state index contributed by atoms with van der Waals surface area (Å²) in [5.74, 6) is 0. The number of fused-ring (bicyclic) bond motifs is 1. The van der Waals surface area contributed by atoms with Crippen molar-refractivity contribution in [3.63, 3.8) is 0 Å². The molecule has 2 N–H and O–H groups in total. The van der Waals surface area contributed by atoms with Crippen LogP contribution in [-0.2, 0) is 7.05 Å². The standard InChI is InChI=1S/C14H14N4/c1-18-13(7-9-17-18)14(15)11-6-8-16-12-5-3-2-4-10(11)12/h2-9,14H,15H2,1H3. The van der Waals surface area contributed by atoms with E-state index in [1.165, 1.54) is 0 Å². The maximum atomic E-state index is 6.34. The van der Waals surface area contributed by atoms with Crippen molar-refractivity contribution in [2.75, 3.05) is 0 Å². The molecular weight excluding hydrogens is 224 g/mol. The van der Waals surface area contributed by atoms with Crippen LogP contribution in [0.1, 0.15) is 17.3 Å². The second-order valence-electron chi connectivity index (χ2n) is 4.27. The number of aryl methyl sites for hydroxylation is 1. The first-order chi connectivity index (χ1) is 8.77. The lowest BCUT2D eigenvalue weighted by Crippen LogP contribution is -2.16. The number of benzene rings is 1. The third-order valence-corrected chi connectivity index (χ3v) is 3.20. The molecule has 0 saturated carbocycles. The first-order valence-corrected chi connectivity index (χ1v) is 5.84. The van der Waals surface area contributed by atoms with Gasteiger partial charge in [-0.1, -0.05) is 18.2 Å². The molecule has 2 heterocycles. The van der Waals surface area contributed by atoms with Crippen molar-refractivity contribution in [2.24, 2.45) is 12.8 Å². The minimum atomic E-state index is -0.189. The van der Waals surface area contributed by atoms with Crippen LogP contribution in [0.3, 0.4) is 0 Å². The van der Waals surface area contributed by atoms with Crippen molar-refractivity contribution in [3.05, 3.63) is 60.0 Å². The smallest absolute Gasteiger partial charge is 0.0730 e. The van der Waals surface area contributed by atoms with Crippen LogP contribution in [0.25, 0.3) is 10.9 Å². The van der Waals surface area contributed by atoms with Crippen LogP contribution >= 0.6 is 0 Å². The highest BCUT2D eigenvalue weighted by Gasteiger charge is 2.15. The molecule has 0 fully saturated rings. The largest absolute Gasteiger partial charge is 0.319 e. The van der Waals surface area contributed by atoms with E-state index in [1.807, 2.05) is 43.4 Å². The van der Waals surface area contributed by atoms with Gasteiger partial charge in [0, 0.05) is 24.8 Å². The molecule has 3 aromatic rings. The van der Waals surface area contributed by atoms with Crippen LogP contribution < -0.4 is 5.73 Å². The molecule has 2 aromatic heterocycles. The Morgan fingerprint density at radius 2 is 1.94 bits per heavy atom. The molecule has 4 nitrogen and oxygen atoms in total. The Morgan fingerprint density at radius 1 is 1.11 bits per heavy atom. The molecule has 1 unspecified atom stereocenters. The molecule has 1 aromatic carbocycles. The second kappa shape index (κ2) is 4.23.